The van der Waals surface area contributed by atoms with E-state index in [1.165, 1.54) is 67.3 Å². The molecule has 1 aliphatic rings. The molecule has 0 atom stereocenters. The van der Waals surface area contributed by atoms with Gasteiger partial charge >= 0.3 is 0 Å². The Hall–Kier alpha value is -7.04. The van der Waals surface area contributed by atoms with E-state index in [1.807, 2.05) is 36.4 Å². The van der Waals surface area contributed by atoms with Crippen LogP contribution in [0, 0.1) is 0 Å². The van der Waals surface area contributed by atoms with Crippen LogP contribution in [0.2, 0.25) is 0 Å². The first kappa shape index (κ1) is 32.8. The maximum Gasteiger partial charge on any atom is 0.0901 e. The van der Waals surface area contributed by atoms with Gasteiger partial charge in [0.05, 0.1) is 44.8 Å². The fourth-order valence-electron chi connectivity index (χ4n) is 7.50. The van der Waals surface area contributed by atoms with Gasteiger partial charge in [-0.25, -0.2) is 9.97 Å². The maximum absolute atomic E-state index is 4.84. The van der Waals surface area contributed by atoms with Crippen molar-refractivity contribution in [2.45, 2.75) is 0 Å². The summed E-state index contributed by atoms with van der Waals surface area (Å²) in [5.74, 6) is 0. The third-order valence-corrected chi connectivity index (χ3v) is 10.3. The molecule has 0 N–H and O–H groups in total. The number of hydrogen-bond acceptors (Lipinski definition) is 4. The van der Waals surface area contributed by atoms with Gasteiger partial charge in [0.15, 0.2) is 0 Å². The van der Waals surface area contributed by atoms with Crippen molar-refractivity contribution in [1.29, 1.82) is 0 Å². The van der Waals surface area contributed by atoms with E-state index in [4.69, 9.17) is 9.97 Å². The summed E-state index contributed by atoms with van der Waals surface area (Å²) in [6.45, 7) is 0. The van der Waals surface area contributed by atoms with Gasteiger partial charge in [0, 0.05) is 14.1 Å². The van der Waals surface area contributed by atoms with Crippen molar-refractivity contribution >= 4 is 44.8 Å². The molecule has 0 unspecified atom stereocenters. The van der Waals surface area contributed by atoms with Gasteiger partial charge in [-0.15, -0.1) is 0 Å². The minimum atomic E-state index is 0.919. The Balaban J connectivity index is 0.000000143. The zero-order valence-corrected chi connectivity index (χ0v) is 30.3. The number of benzene rings is 8. The van der Waals surface area contributed by atoms with E-state index in [0.717, 1.165) is 22.1 Å². The highest BCUT2D eigenvalue weighted by Crippen LogP contribution is 2.50. The van der Waals surface area contributed by atoms with E-state index in [-0.39, 0.29) is 0 Å². The first-order valence-corrected chi connectivity index (χ1v) is 18.3. The second-order valence-electron chi connectivity index (χ2n) is 13.6. The van der Waals surface area contributed by atoms with Crippen LogP contribution in [0.3, 0.4) is 0 Å². The number of anilines is 4. The molecule has 0 amide bonds. The lowest BCUT2D eigenvalue weighted by Crippen LogP contribution is -2.24. The Kier molecular flexibility index (Phi) is 8.62. The summed E-state index contributed by atoms with van der Waals surface area (Å²) in [7, 11) is 4.31. The van der Waals surface area contributed by atoms with Crippen molar-refractivity contribution in [2.24, 2.45) is 0 Å². The first-order chi connectivity index (χ1) is 26.6. The van der Waals surface area contributed by atoms with E-state index in [2.05, 4.69) is 182 Å². The number of fused-ring (bicyclic) bond motifs is 4. The number of aromatic nitrogens is 2. The fraction of sp³-hybridized carbons (Fsp3) is 0.0400. The second kappa shape index (κ2) is 14.2. The summed E-state index contributed by atoms with van der Waals surface area (Å²) in [5, 5.41) is 0. The maximum atomic E-state index is 4.84. The van der Waals surface area contributed by atoms with Crippen molar-refractivity contribution < 1.29 is 0 Å². The smallest absolute Gasteiger partial charge is 0.0901 e. The van der Waals surface area contributed by atoms with Gasteiger partial charge in [0.2, 0.25) is 0 Å². The standard InChI is InChI=1S/C26H22N2.C24H16N2/c1-27-23-15-9-10-16-24(23)28(2)26-18-22(20-13-7-4-8-14-20)21(17-25(26)27)19-11-5-3-6-12-19;1-3-9-17(10-4-1)19-15-23-24(16-20(19)18-11-5-2-6-12-18)26-22-14-8-7-13-21(22)25-23/h3-18H,1-2H3;1-16H. The highest BCUT2D eigenvalue weighted by molar-refractivity contribution is 5.99. The van der Waals surface area contributed by atoms with Crippen LogP contribution in [0.1, 0.15) is 0 Å². The number of nitrogens with zero attached hydrogens (tertiary/aromatic N) is 4. The van der Waals surface area contributed by atoms with Crippen LogP contribution in [0.15, 0.2) is 194 Å². The quantitative estimate of drug-likeness (QED) is 0.172. The van der Waals surface area contributed by atoms with Crippen molar-refractivity contribution in [2.75, 3.05) is 23.9 Å². The molecule has 9 aromatic rings. The molecule has 258 valence electrons. The summed E-state index contributed by atoms with van der Waals surface area (Å²) in [5.41, 5.74) is 18.3. The lowest BCUT2D eigenvalue weighted by Gasteiger charge is -2.37. The van der Waals surface area contributed by atoms with E-state index in [1.54, 1.807) is 0 Å². The molecule has 0 spiro atoms. The Morgan fingerprint density at radius 1 is 0.278 bits per heavy atom. The number of rotatable bonds is 4. The molecule has 10 rings (SSSR count). The van der Waals surface area contributed by atoms with Crippen LogP contribution in [0.5, 0.6) is 0 Å². The molecular formula is C50H38N4. The summed E-state index contributed by atoms with van der Waals surface area (Å²) >= 11 is 0. The van der Waals surface area contributed by atoms with Crippen LogP contribution >= 0.6 is 0 Å². The summed E-state index contributed by atoms with van der Waals surface area (Å²) in [4.78, 5) is 14.3. The predicted molar refractivity (Wildman–Crippen MR) is 228 cm³/mol. The molecule has 8 aromatic carbocycles. The van der Waals surface area contributed by atoms with Gasteiger partial charge < -0.3 is 9.80 Å². The van der Waals surface area contributed by atoms with Crippen molar-refractivity contribution in [3.05, 3.63) is 194 Å². The second-order valence-corrected chi connectivity index (χ2v) is 13.6. The molecule has 0 radical (unpaired) electrons. The minimum absolute atomic E-state index is 0.919. The van der Waals surface area contributed by atoms with Gasteiger partial charge in [-0.05, 0) is 93.0 Å². The molecule has 0 bridgehead atoms. The van der Waals surface area contributed by atoms with Crippen LogP contribution in [0.4, 0.5) is 22.7 Å². The fourth-order valence-corrected chi connectivity index (χ4v) is 7.50. The lowest BCUT2D eigenvalue weighted by atomic mass is 9.92. The zero-order chi connectivity index (χ0) is 36.4. The normalized spacial score (nSPS) is 11.8. The topological polar surface area (TPSA) is 32.3 Å². The predicted octanol–water partition coefficient (Wildman–Crippen LogP) is 13.0. The average Bonchev–Trinajstić information content (AvgIpc) is 3.25. The van der Waals surface area contributed by atoms with Crippen LogP contribution in [0.25, 0.3) is 66.6 Å². The molecule has 1 aromatic heterocycles. The number of para-hydroxylation sites is 4. The Bertz CT molecular complexity index is 2540. The largest absolute Gasteiger partial charge is 0.341 e. The number of hydrogen-bond donors (Lipinski definition) is 0. The Labute approximate surface area is 316 Å². The van der Waals surface area contributed by atoms with Crippen LogP contribution < -0.4 is 9.80 Å². The van der Waals surface area contributed by atoms with Crippen LogP contribution in [-0.2, 0) is 0 Å². The van der Waals surface area contributed by atoms with Gasteiger partial charge in [-0.1, -0.05) is 146 Å². The highest BCUT2D eigenvalue weighted by Gasteiger charge is 2.26. The molecule has 4 heteroatoms. The van der Waals surface area contributed by atoms with Gasteiger partial charge in [0.1, 0.15) is 0 Å². The van der Waals surface area contributed by atoms with Gasteiger partial charge in [0.25, 0.3) is 0 Å². The third kappa shape index (κ3) is 6.14. The van der Waals surface area contributed by atoms with E-state index in [9.17, 15) is 0 Å². The Morgan fingerprint density at radius 3 is 0.889 bits per heavy atom. The van der Waals surface area contributed by atoms with Crippen molar-refractivity contribution in [1.82, 2.24) is 9.97 Å². The van der Waals surface area contributed by atoms with E-state index < -0.39 is 0 Å². The van der Waals surface area contributed by atoms with E-state index >= 15 is 0 Å². The Morgan fingerprint density at radius 2 is 0.556 bits per heavy atom. The average molecular weight is 695 g/mol. The molecule has 2 heterocycles. The SMILES string of the molecule is CN1c2ccccc2N(C)c2cc(-c3ccccc3)c(-c3ccccc3)cc21.c1ccc(-c2cc3nc4ccccc4nc3cc2-c2ccccc2)cc1. The molecule has 1 aliphatic heterocycles. The molecule has 54 heavy (non-hydrogen) atoms. The molecule has 0 saturated heterocycles. The van der Waals surface area contributed by atoms with Crippen molar-refractivity contribution in [3.8, 4) is 44.5 Å². The monoisotopic (exact) mass is 694 g/mol. The van der Waals surface area contributed by atoms with Gasteiger partial charge in [-0.3, -0.25) is 0 Å². The summed E-state index contributed by atoms with van der Waals surface area (Å²) < 4.78 is 0. The molecule has 4 nitrogen and oxygen atoms in total. The molecular weight excluding hydrogens is 657 g/mol. The van der Waals surface area contributed by atoms with Crippen LogP contribution in [-0.4, -0.2) is 24.1 Å². The first-order valence-electron chi connectivity index (χ1n) is 18.3. The minimum Gasteiger partial charge on any atom is -0.341 e. The summed E-state index contributed by atoms with van der Waals surface area (Å²) in [6, 6.07) is 67.8. The van der Waals surface area contributed by atoms with E-state index in [0.29, 0.717) is 0 Å². The molecule has 0 saturated carbocycles. The summed E-state index contributed by atoms with van der Waals surface area (Å²) in [6.07, 6.45) is 0. The highest BCUT2D eigenvalue weighted by atomic mass is 15.2. The third-order valence-electron chi connectivity index (χ3n) is 10.3. The van der Waals surface area contributed by atoms with Crippen molar-refractivity contribution in [3.63, 3.8) is 0 Å². The molecule has 0 aliphatic carbocycles. The lowest BCUT2D eigenvalue weighted by molar-refractivity contribution is 1.10. The zero-order valence-electron chi connectivity index (χ0n) is 30.3. The van der Waals surface area contributed by atoms with Gasteiger partial charge in [-0.2, -0.15) is 0 Å². The molecule has 0 fully saturated rings.